The Kier molecular flexibility index (Phi) is 4.85. The first kappa shape index (κ1) is 17.9. The maximum atomic E-state index is 14.5. The molecule has 25 heavy (non-hydrogen) atoms. The van der Waals surface area contributed by atoms with Gasteiger partial charge in [-0.3, -0.25) is 9.59 Å². The van der Waals surface area contributed by atoms with Crippen LogP contribution in [0.1, 0.15) is 63.9 Å². The third kappa shape index (κ3) is 3.55. The molecule has 136 valence electrons. The van der Waals surface area contributed by atoms with Crippen molar-refractivity contribution < 1.29 is 19.1 Å². The van der Waals surface area contributed by atoms with Crippen LogP contribution in [0.4, 0.5) is 10.1 Å². The van der Waals surface area contributed by atoms with Gasteiger partial charge < -0.3 is 10.0 Å². The summed E-state index contributed by atoms with van der Waals surface area (Å²) in [5.41, 5.74) is 1.34. The molecule has 2 aliphatic rings. The fourth-order valence-electron chi connectivity index (χ4n) is 4.48. The number of fused-ring (bicyclic) bond motifs is 3. The molecule has 0 spiro atoms. The van der Waals surface area contributed by atoms with E-state index in [2.05, 4.69) is 18.7 Å². The highest BCUT2D eigenvalue weighted by atomic mass is 19.1. The second kappa shape index (κ2) is 6.77. The number of hydrogen-bond donors (Lipinski definition) is 1. The van der Waals surface area contributed by atoms with E-state index < -0.39 is 5.97 Å². The van der Waals surface area contributed by atoms with E-state index in [4.69, 9.17) is 5.11 Å². The Bertz CT molecular complexity index is 686. The molecule has 0 bridgehead atoms. The van der Waals surface area contributed by atoms with Crippen molar-refractivity contribution in [2.75, 3.05) is 11.4 Å². The number of halogens is 1. The van der Waals surface area contributed by atoms with Crippen molar-refractivity contribution in [3.8, 4) is 0 Å². The van der Waals surface area contributed by atoms with Gasteiger partial charge in [0.2, 0.25) is 0 Å². The number of unbranched alkanes of at least 4 members (excludes halogenated alkanes) is 2. The molecule has 0 radical (unpaired) electrons. The number of benzene rings is 1. The summed E-state index contributed by atoms with van der Waals surface area (Å²) in [5.74, 6) is -1.27. The topological polar surface area (TPSA) is 57.6 Å². The van der Waals surface area contributed by atoms with Crippen molar-refractivity contribution in [3.05, 3.63) is 29.6 Å². The number of carbonyl (C=O) groups excluding carboxylic acids is 1. The maximum Gasteiger partial charge on any atom is 0.303 e. The van der Waals surface area contributed by atoms with E-state index >= 15 is 0 Å². The molecule has 1 fully saturated rings. The first-order valence-corrected chi connectivity index (χ1v) is 9.10. The van der Waals surface area contributed by atoms with Gasteiger partial charge in [0.15, 0.2) is 0 Å². The standard InChI is InChI=1S/C20H26FNO3/c1-20(2)11-15-19(16(23)12-20)18-13(21)7-6-8-14(18)22(15)10-5-3-4-9-17(24)25/h6-8,15,19H,3-5,9-12H2,1-2H3,(H,24,25). The highest BCUT2D eigenvalue weighted by Crippen LogP contribution is 2.51. The van der Waals surface area contributed by atoms with Gasteiger partial charge in [-0.25, -0.2) is 4.39 Å². The summed E-state index contributed by atoms with van der Waals surface area (Å²) in [5, 5.41) is 8.74. The van der Waals surface area contributed by atoms with Crippen molar-refractivity contribution in [2.45, 2.75) is 64.3 Å². The first-order chi connectivity index (χ1) is 11.8. The molecule has 1 aliphatic heterocycles. The molecule has 4 nitrogen and oxygen atoms in total. The average molecular weight is 347 g/mol. The summed E-state index contributed by atoms with van der Waals surface area (Å²) in [6.45, 7) is 4.94. The fourth-order valence-corrected chi connectivity index (χ4v) is 4.48. The van der Waals surface area contributed by atoms with Gasteiger partial charge in [0.1, 0.15) is 11.6 Å². The monoisotopic (exact) mass is 347 g/mol. The van der Waals surface area contributed by atoms with E-state index in [1.165, 1.54) is 6.07 Å². The molecule has 2 atom stereocenters. The Morgan fingerprint density at radius 2 is 2.08 bits per heavy atom. The molecule has 2 unspecified atom stereocenters. The first-order valence-electron chi connectivity index (χ1n) is 9.10. The van der Waals surface area contributed by atoms with Gasteiger partial charge in [0, 0.05) is 36.7 Å². The molecular formula is C20H26FNO3. The number of ketones is 1. The second-order valence-corrected chi connectivity index (χ2v) is 8.13. The van der Waals surface area contributed by atoms with E-state index in [1.807, 2.05) is 6.07 Å². The number of aliphatic carboxylic acids is 1. The largest absolute Gasteiger partial charge is 0.481 e. The molecule has 1 saturated carbocycles. The lowest BCUT2D eigenvalue weighted by atomic mass is 9.69. The Morgan fingerprint density at radius 3 is 2.80 bits per heavy atom. The number of carboxylic acid groups (broad SMARTS) is 1. The third-order valence-corrected chi connectivity index (χ3v) is 5.49. The minimum absolute atomic E-state index is 0.0163. The molecule has 1 aromatic carbocycles. The maximum absolute atomic E-state index is 14.5. The summed E-state index contributed by atoms with van der Waals surface area (Å²) >= 11 is 0. The van der Waals surface area contributed by atoms with Crippen LogP contribution in [-0.4, -0.2) is 29.4 Å². The third-order valence-electron chi connectivity index (χ3n) is 5.49. The molecular weight excluding hydrogens is 321 g/mol. The molecule has 0 saturated heterocycles. The number of nitrogens with zero attached hydrogens (tertiary/aromatic N) is 1. The quantitative estimate of drug-likeness (QED) is 0.786. The van der Waals surface area contributed by atoms with Crippen LogP contribution in [0.2, 0.25) is 0 Å². The van der Waals surface area contributed by atoms with E-state index in [9.17, 15) is 14.0 Å². The highest BCUT2D eigenvalue weighted by Gasteiger charge is 2.50. The minimum Gasteiger partial charge on any atom is -0.481 e. The van der Waals surface area contributed by atoms with Crippen molar-refractivity contribution in [2.24, 2.45) is 5.41 Å². The van der Waals surface area contributed by atoms with Crippen molar-refractivity contribution in [1.29, 1.82) is 0 Å². The van der Waals surface area contributed by atoms with Crippen LogP contribution in [0, 0.1) is 11.2 Å². The number of Topliss-reactive ketones (excluding diaryl/α,β-unsaturated/α-hetero) is 1. The highest BCUT2D eigenvalue weighted by molar-refractivity contribution is 5.92. The molecule has 1 N–H and O–H groups in total. The number of carboxylic acids is 1. The summed E-state index contributed by atoms with van der Waals surface area (Å²) in [6, 6.07) is 5.08. The van der Waals surface area contributed by atoms with Crippen LogP contribution in [-0.2, 0) is 9.59 Å². The second-order valence-electron chi connectivity index (χ2n) is 8.13. The van der Waals surface area contributed by atoms with Gasteiger partial charge in [-0.1, -0.05) is 26.3 Å². The number of carbonyl (C=O) groups is 2. The average Bonchev–Trinajstić information content (AvgIpc) is 2.81. The van der Waals surface area contributed by atoms with Crippen LogP contribution in [0.3, 0.4) is 0 Å². The predicted molar refractivity (Wildman–Crippen MR) is 94.4 cm³/mol. The van der Waals surface area contributed by atoms with Gasteiger partial charge in [-0.15, -0.1) is 0 Å². The van der Waals surface area contributed by atoms with Gasteiger partial charge in [-0.2, -0.15) is 0 Å². The van der Waals surface area contributed by atoms with Gasteiger partial charge >= 0.3 is 5.97 Å². The van der Waals surface area contributed by atoms with Crippen molar-refractivity contribution in [3.63, 3.8) is 0 Å². The van der Waals surface area contributed by atoms with E-state index in [-0.39, 0.29) is 35.4 Å². The van der Waals surface area contributed by atoms with E-state index in [0.29, 0.717) is 18.4 Å². The Morgan fingerprint density at radius 1 is 1.32 bits per heavy atom. The predicted octanol–water partition coefficient (Wildman–Crippen LogP) is 4.13. The van der Waals surface area contributed by atoms with Crippen LogP contribution >= 0.6 is 0 Å². The SMILES string of the molecule is CC1(C)CC(=O)C2c3c(F)cccc3N(CCCCCC(=O)O)C2C1. The van der Waals surface area contributed by atoms with E-state index in [1.54, 1.807) is 6.07 Å². The van der Waals surface area contributed by atoms with Crippen LogP contribution in [0.25, 0.3) is 0 Å². The zero-order valence-electron chi connectivity index (χ0n) is 14.9. The normalized spacial score (nSPS) is 24.1. The lowest BCUT2D eigenvalue weighted by Crippen LogP contribution is -2.45. The minimum atomic E-state index is -0.770. The lowest BCUT2D eigenvalue weighted by Gasteiger charge is -2.40. The van der Waals surface area contributed by atoms with Crippen LogP contribution in [0.15, 0.2) is 18.2 Å². The zero-order valence-corrected chi connectivity index (χ0v) is 14.9. The van der Waals surface area contributed by atoms with Gasteiger partial charge in [0.25, 0.3) is 0 Å². The molecule has 0 amide bonds. The Labute approximate surface area is 148 Å². The van der Waals surface area contributed by atoms with Gasteiger partial charge in [-0.05, 0) is 36.8 Å². The van der Waals surface area contributed by atoms with Gasteiger partial charge in [0.05, 0.1) is 5.92 Å². The number of anilines is 1. The molecule has 5 heteroatoms. The molecule has 0 aromatic heterocycles. The summed E-state index contributed by atoms with van der Waals surface area (Å²) in [4.78, 5) is 25.6. The number of hydrogen-bond acceptors (Lipinski definition) is 3. The molecule has 3 rings (SSSR count). The zero-order chi connectivity index (χ0) is 18.2. The molecule has 1 aromatic rings. The van der Waals surface area contributed by atoms with Crippen molar-refractivity contribution in [1.82, 2.24) is 0 Å². The Balaban J connectivity index is 1.80. The lowest BCUT2D eigenvalue weighted by molar-refractivity contribution is -0.137. The Hall–Kier alpha value is -1.91. The number of rotatable bonds is 6. The van der Waals surface area contributed by atoms with Crippen LogP contribution in [0.5, 0.6) is 0 Å². The van der Waals surface area contributed by atoms with E-state index in [0.717, 1.165) is 31.5 Å². The smallest absolute Gasteiger partial charge is 0.303 e. The van der Waals surface area contributed by atoms with Crippen molar-refractivity contribution >= 4 is 17.4 Å². The fraction of sp³-hybridized carbons (Fsp3) is 0.600. The molecule has 1 heterocycles. The molecule has 1 aliphatic carbocycles. The van der Waals surface area contributed by atoms with Crippen LogP contribution < -0.4 is 4.90 Å². The summed E-state index contributed by atoms with van der Waals surface area (Å²) in [7, 11) is 0. The summed E-state index contributed by atoms with van der Waals surface area (Å²) in [6.07, 6.45) is 3.87. The summed E-state index contributed by atoms with van der Waals surface area (Å²) < 4.78 is 14.5.